The number of carbonyl (C=O) groups is 10. The maximum Gasteiger partial charge on any atom is 0.245 e. The highest BCUT2D eigenvalue weighted by molar-refractivity contribution is 6.30. The van der Waals surface area contributed by atoms with Crippen LogP contribution in [0, 0.1) is 5.92 Å². The normalized spacial score (nSPS) is 23.2. The molecule has 0 radical (unpaired) electrons. The zero-order valence-corrected chi connectivity index (χ0v) is 46.4. The molecule has 12 atom stereocenters. The van der Waals surface area contributed by atoms with Crippen LogP contribution in [0.1, 0.15) is 83.3 Å². The molecule has 0 aromatic heterocycles. The summed E-state index contributed by atoms with van der Waals surface area (Å²) in [6, 6.07) is 1.70. The molecular weight excluding hydrogens is 1060 g/mol. The van der Waals surface area contributed by atoms with Crippen molar-refractivity contribution in [2.75, 3.05) is 39.3 Å². The maximum absolute atomic E-state index is 14.4. The average Bonchev–Trinajstić information content (AvgIpc) is 3.40. The number of aliphatic hydroxyl groups is 2. The smallest absolute Gasteiger partial charge is 0.245 e. The fourth-order valence-corrected chi connectivity index (χ4v) is 8.73. The third-order valence-corrected chi connectivity index (χ3v) is 13.2. The number of halogens is 1. The van der Waals surface area contributed by atoms with E-state index in [0.29, 0.717) is 16.1 Å². The first kappa shape index (κ1) is 67.4. The number of hydrogen-bond acceptors (Lipinski definition) is 17. The van der Waals surface area contributed by atoms with Crippen LogP contribution < -0.4 is 81.8 Å². The summed E-state index contributed by atoms with van der Waals surface area (Å²) in [6.07, 6.45) is -4.32. The molecule has 2 aromatic rings. The Morgan fingerprint density at radius 3 is 1.66 bits per heavy atom. The van der Waals surface area contributed by atoms with Crippen LogP contribution in [0.4, 0.5) is 0 Å². The van der Waals surface area contributed by atoms with Crippen LogP contribution in [0.3, 0.4) is 0 Å². The first-order valence-corrected chi connectivity index (χ1v) is 27.0. The molecule has 1 aliphatic rings. The molecule has 1 fully saturated rings. The van der Waals surface area contributed by atoms with Crippen molar-refractivity contribution in [3.8, 4) is 0 Å². The van der Waals surface area contributed by atoms with Crippen LogP contribution in [0.2, 0.25) is 5.02 Å². The van der Waals surface area contributed by atoms with Gasteiger partial charge in [-0.15, -0.1) is 0 Å². The van der Waals surface area contributed by atoms with Crippen molar-refractivity contribution in [3.05, 3.63) is 70.7 Å². The van der Waals surface area contributed by atoms with Gasteiger partial charge in [-0.2, -0.15) is 0 Å². The first-order chi connectivity index (χ1) is 38.0. The van der Waals surface area contributed by atoms with Crippen molar-refractivity contribution >= 4 is 70.7 Å². The van der Waals surface area contributed by atoms with Gasteiger partial charge in [0.25, 0.3) is 0 Å². The Balaban J connectivity index is 2.07. The van der Waals surface area contributed by atoms with E-state index >= 15 is 0 Å². The van der Waals surface area contributed by atoms with E-state index in [9.17, 15) is 58.2 Å². The van der Waals surface area contributed by atoms with Gasteiger partial charge >= 0.3 is 0 Å². The van der Waals surface area contributed by atoms with Crippen LogP contribution in [-0.4, -0.2) is 175 Å². The van der Waals surface area contributed by atoms with Gasteiger partial charge in [0.05, 0.1) is 12.2 Å². The van der Waals surface area contributed by atoms with Crippen molar-refractivity contribution in [1.82, 2.24) is 53.2 Å². The summed E-state index contributed by atoms with van der Waals surface area (Å²) in [5, 5.41) is 47.1. The zero-order chi connectivity index (χ0) is 59.6. The molecule has 1 aliphatic heterocycles. The van der Waals surface area contributed by atoms with Gasteiger partial charge in [0.1, 0.15) is 54.4 Å². The van der Waals surface area contributed by atoms with E-state index in [1.165, 1.54) is 13.8 Å². The van der Waals surface area contributed by atoms with Gasteiger partial charge < -0.3 is 92.0 Å². The van der Waals surface area contributed by atoms with Crippen molar-refractivity contribution in [3.63, 3.8) is 0 Å². The van der Waals surface area contributed by atoms with Gasteiger partial charge in [-0.25, -0.2) is 0 Å². The molecule has 1 saturated heterocycles. The van der Waals surface area contributed by atoms with Gasteiger partial charge in [-0.1, -0.05) is 67.9 Å². The van der Waals surface area contributed by atoms with Crippen LogP contribution >= 0.6 is 11.6 Å². The zero-order valence-electron chi connectivity index (χ0n) is 45.6. The largest absolute Gasteiger partial charge is 0.391 e. The second kappa shape index (κ2) is 34.3. The summed E-state index contributed by atoms with van der Waals surface area (Å²) in [5.41, 5.74) is 30.8. The van der Waals surface area contributed by atoms with Crippen LogP contribution in [0.15, 0.2) is 54.6 Å². The minimum absolute atomic E-state index is 0.0295. The second-order valence-electron chi connectivity index (χ2n) is 20.0. The van der Waals surface area contributed by atoms with Crippen molar-refractivity contribution in [1.29, 1.82) is 0 Å². The summed E-state index contributed by atoms with van der Waals surface area (Å²) in [6.45, 7) is 4.54. The van der Waals surface area contributed by atoms with Crippen molar-refractivity contribution < 1.29 is 58.2 Å². The number of rotatable bonds is 22. The van der Waals surface area contributed by atoms with E-state index in [2.05, 4.69) is 53.2 Å². The van der Waals surface area contributed by atoms with Crippen molar-refractivity contribution in [2.24, 2.45) is 34.6 Å². The van der Waals surface area contributed by atoms with E-state index in [1.807, 2.05) is 0 Å². The maximum atomic E-state index is 14.4. The molecule has 22 N–H and O–H groups in total. The molecule has 1 heterocycles. The van der Waals surface area contributed by atoms with Gasteiger partial charge in [0, 0.05) is 36.9 Å². The Labute approximate surface area is 470 Å². The number of nitrogens with two attached hydrogens (primary N) is 5. The van der Waals surface area contributed by atoms with Gasteiger partial charge in [-0.05, 0) is 101 Å². The van der Waals surface area contributed by atoms with E-state index in [-0.39, 0.29) is 70.6 Å². The number of nitrogens with one attached hydrogen (secondary N) is 10. The Morgan fingerprint density at radius 1 is 0.625 bits per heavy atom. The van der Waals surface area contributed by atoms with E-state index in [4.69, 9.17) is 40.3 Å². The predicted molar refractivity (Wildman–Crippen MR) is 296 cm³/mol. The molecule has 27 nitrogen and oxygen atoms in total. The molecule has 0 aliphatic carbocycles. The molecule has 10 amide bonds. The lowest BCUT2D eigenvalue weighted by Crippen LogP contribution is -2.62. The molecule has 28 heteroatoms. The topological polar surface area (TPSA) is 462 Å². The fraction of sp³-hybridized carbons (Fsp3) is 0.577. The lowest BCUT2D eigenvalue weighted by molar-refractivity contribution is -0.136. The molecule has 2 aromatic carbocycles. The molecular formula is C52H82ClN15O12. The monoisotopic (exact) mass is 1140 g/mol. The highest BCUT2D eigenvalue weighted by atomic mass is 35.5. The second-order valence-corrected chi connectivity index (χ2v) is 20.4. The summed E-state index contributed by atoms with van der Waals surface area (Å²) >= 11 is 6.14. The molecule has 0 spiro atoms. The molecule has 0 bridgehead atoms. The minimum atomic E-state index is -1.68. The Bertz CT molecular complexity index is 2400. The molecule has 12 unspecified atom stereocenters. The third-order valence-electron chi connectivity index (χ3n) is 12.9. The summed E-state index contributed by atoms with van der Waals surface area (Å²) in [4.78, 5) is 140. The van der Waals surface area contributed by atoms with Crippen LogP contribution in [-0.2, 0) is 54.4 Å². The number of amides is 10. The van der Waals surface area contributed by atoms with Gasteiger partial charge in [-0.3, -0.25) is 47.9 Å². The van der Waals surface area contributed by atoms with Gasteiger partial charge in [0.15, 0.2) is 0 Å². The highest BCUT2D eigenvalue weighted by Crippen LogP contribution is 2.22. The number of benzene rings is 2. The summed E-state index contributed by atoms with van der Waals surface area (Å²) in [7, 11) is 0. The predicted octanol–water partition coefficient (Wildman–Crippen LogP) is -5.29. The van der Waals surface area contributed by atoms with Crippen LogP contribution in [0.5, 0.6) is 0 Å². The number of carbonyl (C=O) groups excluding carboxylic acids is 10. The summed E-state index contributed by atoms with van der Waals surface area (Å²) < 4.78 is 0. The lowest BCUT2D eigenvalue weighted by atomic mass is 9.95. The fourth-order valence-electron chi connectivity index (χ4n) is 8.53. The Morgan fingerprint density at radius 2 is 1.15 bits per heavy atom. The van der Waals surface area contributed by atoms with Crippen molar-refractivity contribution in [2.45, 2.75) is 145 Å². The molecule has 444 valence electrons. The third kappa shape index (κ3) is 22.0. The van der Waals surface area contributed by atoms with E-state index in [0.717, 1.165) is 0 Å². The van der Waals surface area contributed by atoms with E-state index < -0.39 is 151 Å². The van der Waals surface area contributed by atoms with Gasteiger partial charge in [0.2, 0.25) is 59.1 Å². The Kier molecular flexibility index (Phi) is 28.9. The van der Waals surface area contributed by atoms with E-state index in [1.54, 1.807) is 68.4 Å². The quantitative estimate of drug-likeness (QED) is 0.0524. The Hall–Kier alpha value is -6.85. The number of aliphatic hydroxyl groups excluding tert-OH is 2. The summed E-state index contributed by atoms with van der Waals surface area (Å²) in [5.74, 6) is -9.88. The minimum Gasteiger partial charge on any atom is -0.391 e. The average molecular weight is 1140 g/mol. The standard InChI is InChI=1S/C52H82ClN15O12/c1-27(2)21-38-48(76)62-34(13-17-54)44(72)61-36(15-19-56)47(75)68-42(28(3)69)51(79)59-20-16-37(46(74)60-35(14-18-55)45(73)65-39(49(77)64-38)22-30-9-6-5-7-10-30)63-50(78)40(26-58)66-52(80)43(29(4)70)67-41(71)24-32(25-57)31-11-8-12-33(53)23-31/h5-12,23,27-29,32,34-40,42-43,69-70H,13-22,24-26,54-58H2,1-4H3,(H,59,79)(H,60,74)(H,61,72)(H,62,76)(H,63,78)(H,64,77)(H,65,73)(H,66,80)(H,67,71)(H,68,75). The molecule has 0 saturated carbocycles. The SMILES string of the molecule is CC(C)CC1NC(=O)C(Cc2ccccc2)NC(=O)C(CCN)NC(=O)C(NC(=O)C(CN)NC(=O)C(NC(=O)CC(CN)c2cccc(Cl)c2)C(C)O)CCNC(=O)C(C(C)O)NC(=O)C(CCN)NC(=O)C(CCN)NC1=O. The first-order valence-electron chi connectivity index (χ1n) is 26.6. The van der Waals surface area contributed by atoms with Crippen LogP contribution in [0.25, 0.3) is 0 Å². The number of hydrogen-bond donors (Lipinski definition) is 17. The molecule has 3 rings (SSSR count). The lowest BCUT2D eigenvalue weighted by Gasteiger charge is -2.28. The molecule has 80 heavy (non-hydrogen) atoms. The highest BCUT2D eigenvalue weighted by Gasteiger charge is 2.37.